The summed E-state index contributed by atoms with van der Waals surface area (Å²) in [7, 11) is 1.57. The average Bonchev–Trinajstić information content (AvgIpc) is 3.03. The van der Waals surface area contributed by atoms with Crippen LogP contribution in [0, 0.1) is 0 Å². The molecular formula is C14H20N2O3. The van der Waals surface area contributed by atoms with Crippen molar-refractivity contribution in [1.29, 1.82) is 0 Å². The Kier molecular flexibility index (Phi) is 3.95. The molecule has 1 N–H and O–H groups in total. The number of aryl methyl sites for hydroxylation is 1. The van der Waals surface area contributed by atoms with Crippen molar-refractivity contribution in [2.75, 3.05) is 7.11 Å². The number of hydrogen-bond acceptors (Lipinski definition) is 4. The van der Waals surface area contributed by atoms with Gasteiger partial charge in [0.1, 0.15) is 17.2 Å². The van der Waals surface area contributed by atoms with Crippen LogP contribution in [-0.4, -0.2) is 22.0 Å². The van der Waals surface area contributed by atoms with E-state index in [0.29, 0.717) is 17.2 Å². The lowest BCUT2D eigenvalue weighted by molar-refractivity contribution is 0.170. The molecule has 0 radical (unpaired) electrons. The van der Waals surface area contributed by atoms with Gasteiger partial charge in [-0.2, -0.15) is 5.10 Å². The van der Waals surface area contributed by atoms with Crippen molar-refractivity contribution in [1.82, 2.24) is 9.78 Å². The van der Waals surface area contributed by atoms with Crippen LogP contribution in [0.15, 0.2) is 22.7 Å². The average molecular weight is 264 g/mol. The quantitative estimate of drug-likeness (QED) is 0.902. The van der Waals surface area contributed by atoms with Crippen LogP contribution in [-0.2, 0) is 6.42 Å². The van der Waals surface area contributed by atoms with Gasteiger partial charge in [-0.25, -0.2) is 0 Å². The summed E-state index contributed by atoms with van der Waals surface area (Å²) in [4.78, 5) is 0. The third-order valence-corrected chi connectivity index (χ3v) is 3.07. The molecule has 0 spiro atoms. The van der Waals surface area contributed by atoms with Gasteiger partial charge >= 0.3 is 0 Å². The molecule has 0 bridgehead atoms. The maximum absolute atomic E-state index is 10.5. The third-order valence-electron chi connectivity index (χ3n) is 3.07. The highest BCUT2D eigenvalue weighted by atomic mass is 16.5. The van der Waals surface area contributed by atoms with Gasteiger partial charge < -0.3 is 14.3 Å². The van der Waals surface area contributed by atoms with E-state index < -0.39 is 6.10 Å². The van der Waals surface area contributed by atoms with Crippen LogP contribution < -0.4 is 4.74 Å². The van der Waals surface area contributed by atoms with Crippen molar-refractivity contribution < 1.29 is 14.3 Å². The topological polar surface area (TPSA) is 60.4 Å². The van der Waals surface area contributed by atoms with E-state index in [0.717, 1.165) is 12.2 Å². The Morgan fingerprint density at radius 2 is 2.16 bits per heavy atom. The largest absolute Gasteiger partial charge is 0.493 e. The molecule has 2 aromatic heterocycles. The summed E-state index contributed by atoms with van der Waals surface area (Å²) in [6, 6.07) is 3.80. The van der Waals surface area contributed by atoms with E-state index in [1.807, 2.05) is 26.8 Å². The van der Waals surface area contributed by atoms with Gasteiger partial charge in [0.25, 0.3) is 0 Å². The van der Waals surface area contributed by atoms with Gasteiger partial charge in [-0.15, -0.1) is 0 Å². The summed E-state index contributed by atoms with van der Waals surface area (Å²) >= 11 is 0. The fourth-order valence-corrected chi connectivity index (χ4v) is 2.05. The first-order valence-electron chi connectivity index (χ1n) is 6.46. The van der Waals surface area contributed by atoms with Crippen LogP contribution >= 0.6 is 0 Å². The summed E-state index contributed by atoms with van der Waals surface area (Å²) in [5.41, 5.74) is 0.620. The number of aliphatic hydroxyl groups excluding tert-OH is 1. The minimum atomic E-state index is -0.875. The minimum Gasteiger partial charge on any atom is -0.493 e. The molecular weight excluding hydrogens is 244 g/mol. The monoisotopic (exact) mass is 264 g/mol. The predicted octanol–water partition coefficient (Wildman–Crippen LogP) is 2.71. The zero-order valence-corrected chi connectivity index (χ0v) is 11.8. The minimum absolute atomic E-state index is 0.133. The van der Waals surface area contributed by atoms with E-state index in [-0.39, 0.29) is 6.04 Å². The van der Waals surface area contributed by atoms with Crippen LogP contribution in [0.25, 0.3) is 0 Å². The van der Waals surface area contributed by atoms with E-state index in [1.165, 1.54) is 0 Å². The third kappa shape index (κ3) is 2.51. The molecule has 0 saturated heterocycles. The van der Waals surface area contributed by atoms with Crippen molar-refractivity contribution in [2.24, 2.45) is 0 Å². The number of ether oxygens (including phenoxy) is 1. The van der Waals surface area contributed by atoms with E-state index in [2.05, 4.69) is 5.10 Å². The highest BCUT2D eigenvalue weighted by molar-refractivity contribution is 5.32. The number of methoxy groups -OCH3 is 1. The first kappa shape index (κ1) is 13.7. The molecule has 0 saturated carbocycles. The molecule has 0 amide bonds. The maximum Gasteiger partial charge on any atom is 0.163 e. The number of aliphatic hydroxyl groups is 1. The van der Waals surface area contributed by atoms with Gasteiger partial charge in [0.2, 0.25) is 0 Å². The number of nitrogens with zero attached hydrogens (tertiary/aromatic N) is 2. The van der Waals surface area contributed by atoms with E-state index in [4.69, 9.17) is 9.15 Å². The van der Waals surface area contributed by atoms with Crippen molar-refractivity contribution >= 4 is 0 Å². The van der Waals surface area contributed by atoms with Gasteiger partial charge in [0.05, 0.1) is 13.3 Å². The summed E-state index contributed by atoms with van der Waals surface area (Å²) in [6.07, 6.45) is 1.54. The molecule has 104 valence electrons. The van der Waals surface area contributed by atoms with E-state index in [1.54, 1.807) is 24.1 Å². The lowest BCUT2D eigenvalue weighted by Crippen LogP contribution is -2.12. The molecule has 2 rings (SSSR count). The van der Waals surface area contributed by atoms with Crippen LogP contribution in [0.3, 0.4) is 0 Å². The van der Waals surface area contributed by atoms with Gasteiger partial charge in [-0.3, -0.25) is 4.68 Å². The molecule has 0 fully saturated rings. The normalized spacial score (nSPS) is 12.9. The Hall–Kier alpha value is -1.75. The second-order valence-corrected chi connectivity index (χ2v) is 4.70. The Labute approximate surface area is 112 Å². The number of rotatable bonds is 5. The van der Waals surface area contributed by atoms with Crippen LogP contribution in [0.5, 0.6) is 5.75 Å². The lowest BCUT2D eigenvalue weighted by atomic mass is 10.2. The standard InChI is InChI=1S/C14H20N2O3/c1-5-10-6-7-11(19-10)14(17)13-12(18-4)8-15-16(13)9(2)3/h6-9,14,17H,5H2,1-4H3. The molecule has 5 nitrogen and oxygen atoms in total. The Morgan fingerprint density at radius 1 is 1.42 bits per heavy atom. The zero-order valence-electron chi connectivity index (χ0n) is 11.8. The van der Waals surface area contributed by atoms with Gasteiger partial charge in [0, 0.05) is 12.5 Å². The Balaban J connectivity index is 2.41. The SMILES string of the molecule is CCc1ccc(C(O)c2c(OC)cnn2C(C)C)o1. The summed E-state index contributed by atoms with van der Waals surface area (Å²) in [5.74, 6) is 1.93. The summed E-state index contributed by atoms with van der Waals surface area (Å²) in [5, 5.41) is 14.7. The molecule has 1 atom stereocenters. The van der Waals surface area contributed by atoms with Crippen LogP contribution in [0.2, 0.25) is 0 Å². The predicted molar refractivity (Wildman–Crippen MR) is 71.3 cm³/mol. The van der Waals surface area contributed by atoms with Crippen molar-refractivity contribution in [3.63, 3.8) is 0 Å². The molecule has 0 aliphatic carbocycles. The fraction of sp³-hybridized carbons (Fsp3) is 0.500. The number of aromatic nitrogens is 2. The number of furan rings is 1. The first-order valence-corrected chi connectivity index (χ1v) is 6.46. The van der Waals surface area contributed by atoms with E-state index in [9.17, 15) is 5.11 Å². The molecule has 0 aromatic carbocycles. The van der Waals surface area contributed by atoms with Crippen LogP contribution in [0.1, 0.15) is 50.1 Å². The van der Waals surface area contributed by atoms with Crippen molar-refractivity contribution in [3.8, 4) is 5.75 Å². The second kappa shape index (κ2) is 5.48. The second-order valence-electron chi connectivity index (χ2n) is 4.70. The van der Waals surface area contributed by atoms with Crippen molar-refractivity contribution in [2.45, 2.75) is 39.3 Å². The molecule has 1 unspecified atom stereocenters. The maximum atomic E-state index is 10.5. The molecule has 2 heterocycles. The molecule has 19 heavy (non-hydrogen) atoms. The zero-order chi connectivity index (χ0) is 14.0. The lowest BCUT2D eigenvalue weighted by Gasteiger charge is -2.15. The number of hydrogen-bond donors (Lipinski definition) is 1. The highest BCUT2D eigenvalue weighted by Gasteiger charge is 2.25. The highest BCUT2D eigenvalue weighted by Crippen LogP contribution is 2.32. The first-order chi connectivity index (χ1) is 9.08. The molecule has 0 aliphatic rings. The molecule has 0 aliphatic heterocycles. The van der Waals surface area contributed by atoms with E-state index >= 15 is 0 Å². The smallest absolute Gasteiger partial charge is 0.163 e. The summed E-state index contributed by atoms with van der Waals surface area (Å²) < 4.78 is 12.6. The Bertz CT molecular complexity index is 543. The van der Waals surface area contributed by atoms with Gasteiger partial charge in [0.15, 0.2) is 11.9 Å². The van der Waals surface area contributed by atoms with Crippen molar-refractivity contribution in [3.05, 3.63) is 35.5 Å². The molecule has 2 aromatic rings. The van der Waals surface area contributed by atoms with Gasteiger partial charge in [-0.1, -0.05) is 6.92 Å². The summed E-state index contributed by atoms with van der Waals surface area (Å²) in [6.45, 7) is 6.01. The Morgan fingerprint density at radius 3 is 2.68 bits per heavy atom. The van der Waals surface area contributed by atoms with Crippen LogP contribution in [0.4, 0.5) is 0 Å². The molecule has 5 heteroatoms. The fourth-order valence-electron chi connectivity index (χ4n) is 2.05. The van der Waals surface area contributed by atoms with Gasteiger partial charge in [-0.05, 0) is 26.0 Å².